The molecule has 0 N–H and O–H groups in total. The summed E-state index contributed by atoms with van der Waals surface area (Å²) in [6, 6.07) is 18.0. The van der Waals surface area contributed by atoms with Crippen molar-refractivity contribution in [2.24, 2.45) is 7.05 Å². The molecule has 0 aliphatic rings. The quantitative estimate of drug-likeness (QED) is 0.479. The van der Waals surface area contributed by atoms with Crippen LogP contribution in [0.15, 0.2) is 67.1 Å². The molecular weight excluding hydrogens is 348 g/mol. The highest BCUT2D eigenvalue weighted by Gasteiger charge is 2.13. The Hall–Kier alpha value is -3.34. The maximum Gasteiger partial charge on any atom is 0.185 e. The average molecular weight is 370 g/mol. The maximum absolute atomic E-state index is 12.8. The molecule has 0 bridgehead atoms. The molecule has 5 heteroatoms. The summed E-state index contributed by atoms with van der Waals surface area (Å²) in [4.78, 5) is 17.1. The Bertz CT molecular complexity index is 1130. The zero-order valence-corrected chi connectivity index (χ0v) is 16.0. The molecule has 0 saturated carbocycles. The second-order valence-electron chi connectivity index (χ2n) is 7.22. The summed E-state index contributed by atoms with van der Waals surface area (Å²) >= 11 is 0. The van der Waals surface area contributed by atoms with Gasteiger partial charge in [-0.05, 0) is 28.5 Å². The van der Waals surface area contributed by atoms with Gasteiger partial charge in [-0.1, -0.05) is 55.5 Å². The summed E-state index contributed by atoms with van der Waals surface area (Å²) in [5, 5.41) is 10.2. The SMILES string of the molecule is C[C@H](Cc1nncn1C)c1cccc(CC(=O)c2cc3ccccc3cn2)c1. The van der Waals surface area contributed by atoms with Crippen molar-refractivity contribution in [3.63, 3.8) is 0 Å². The van der Waals surface area contributed by atoms with Gasteiger partial charge >= 0.3 is 0 Å². The topological polar surface area (TPSA) is 60.7 Å². The van der Waals surface area contributed by atoms with E-state index >= 15 is 0 Å². The zero-order chi connectivity index (χ0) is 19.5. The molecule has 0 fully saturated rings. The summed E-state index contributed by atoms with van der Waals surface area (Å²) in [7, 11) is 1.95. The van der Waals surface area contributed by atoms with E-state index in [0.29, 0.717) is 12.1 Å². The molecule has 0 amide bonds. The largest absolute Gasteiger partial charge is 0.321 e. The van der Waals surface area contributed by atoms with E-state index in [1.165, 1.54) is 5.56 Å². The van der Waals surface area contributed by atoms with Crippen LogP contribution in [-0.4, -0.2) is 25.5 Å². The molecule has 0 radical (unpaired) electrons. The number of ketones is 1. The molecule has 2 heterocycles. The first-order valence-electron chi connectivity index (χ1n) is 9.40. The van der Waals surface area contributed by atoms with Gasteiger partial charge in [0.05, 0.1) is 0 Å². The third-order valence-electron chi connectivity index (χ3n) is 5.10. The molecule has 0 aliphatic carbocycles. The number of hydrogen-bond acceptors (Lipinski definition) is 4. The lowest BCUT2D eigenvalue weighted by atomic mass is 9.94. The van der Waals surface area contributed by atoms with Gasteiger partial charge in [0.25, 0.3) is 0 Å². The Kier molecular flexibility index (Phi) is 4.98. The minimum Gasteiger partial charge on any atom is -0.321 e. The molecule has 28 heavy (non-hydrogen) atoms. The second-order valence-corrected chi connectivity index (χ2v) is 7.22. The maximum atomic E-state index is 12.8. The monoisotopic (exact) mass is 370 g/mol. The van der Waals surface area contributed by atoms with Crippen LogP contribution in [0.2, 0.25) is 0 Å². The van der Waals surface area contributed by atoms with Gasteiger partial charge in [-0.3, -0.25) is 9.78 Å². The molecule has 4 rings (SSSR count). The van der Waals surface area contributed by atoms with Gasteiger partial charge in [-0.15, -0.1) is 10.2 Å². The van der Waals surface area contributed by atoms with Crippen LogP contribution in [0.25, 0.3) is 10.8 Å². The average Bonchev–Trinajstić information content (AvgIpc) is 3.12. The molecule has 4 aromatic rings. The third-order valence-corrected chi connectivity index (χ3v) is 5.10. The Balaban J connectivity index is 1.50. The van der Waals surface area contributed by atoms with Crippen molar-refractivity contribution in [1.82, 2.24) is 19.7 Å². The predicted molar refractivity (Wildman–Crippen MR) is 109 cm³/mol. The lowest BCUT2D eigenvalue weighted by molar-refractivity contribution is 0.0988. The lowest BCUT2D eigenvalue weighted by Gasteiger charge is -2.13. The number of fused-ring (bicyclic) bond motifs is 1. The van der Waals surface area contributed by atoms with Crippen molar-refractivity contribution in [2.45, 2.75) is 25.7 Å². The van der Waals surface area contributed by atoms with Crippen molar-refractivity contribution in [3.05, 3.63) is 89.8 Å². The summed E-state index contributed by atoms with van der Waals surface area (Å²) < 4.78 is 1.94. The number of rotatable bonds is 6. The van der Waals surface area contributed by atoms with Crippen molar-refractivity contribution in [3.8, 4) is 0 Å². The Morgan fingerprint density at radius 3 is 2.68 bits per heavy atom. The summed E-state index contributed by atoms with van der Waals surface area (Å²) in [5.41, 5.74) is 2.71. The summed E-state index contributed by atoms with van der Waals surface area (Å²) in [5.74, 6) is 1.27. The van der Waals surface area contributed by atoms with Gasteiger partial charge in [0.15, 0.2) is 5.78 Å². The van der Waals surface area contributed by atoms with E-state index in [0.717, 1.165) is 28.6 Å². The Labute approximate surface area is 164 Å². The first kappa shape index (κ1) is 18.0. The van der Waals surface area contributed by atoms with Gasteiger partial charge in [0.1, 0.15) is 17.8 Å². The normalized spacial score (nSPS) is 12.2. The number of benzene rings is 2. The van der Waals surface area contributed by atoms with Crippen LogP contribution < -0.4 is 0 Å². The molecule has 2 aromatic heterocycles. The van der Waals surface area contributed by atoms with Crippen LogP contribution in [0.5, 0.6) is 0 Å². The number of aryl methyl sites for hydroxylation is 1. The van der Waals surface area contributed by atoms with Crippen molar-refractivity contribution >= 4 is 16.6 Å². The minimum absolute atomic E-state index is 0.0313. The van der Waals surface area contributed by atoms with E-state index in [-0.39, 0.29) is 11.7 Å². The highest BCUT2D eigenvalue weighted by Crippen LogP contribution is 2.21. The molecule has 0 saturated heterocycles. The molecule has 1 atom stereocenters. The number of carbonyl (C=O) groups is 1. The fraction of sp³-hybridized carbons (Fsp3) is 0.217. The number of aromatic nitrogens is 4. The molecule has 2 aromatic carbocycles. The van der Waals surface area contributed by atoms with Crippen LogP contribution in [0.1, 0.15) is 40.3 Å². The second kappa shape index (κ2) is 7.72. The standard InChI is InChI=1S/C23H22N4O/c1-16(10-23-26-25-15-27(23)2)18-9-5-6-17(11-18)12-22(28)21-13-19-7-3-4-8-20(19)14-24-21/h3-9,11,13-16H,10,12H2,1-2H3/t16-/m1/s1. The van der Waals surface area contributed by atoms with Crippen LogP contribution >= 0.6 is 0 Å². The van der Waals surface area contributed by atoms with Crippen molar-refractivity contribution < 1.29 is 4.79 Å². The summed E-state index contributed by atoms with van der Waals surface area (Å²) in [6.45, 7) is 2.17. The molecule has 140 valence electrons. The first-order chi connectivity index (χ1) is 13.6. The molecule has 0 spiro atoms. The molecule has 0 unspecified atom stereocenters. The van der Waals surface area contributed by atoms with Crippen LogP contribution in [0.3, 0.4) is 0 Å². The van der Waals surface area contributed by atoms with E-state index in [1.54, 1.807) is 12.5 Å². The molecular formula is C23H22N4O. The highest BCUT2D eigenvalue weighted by molar-refractivity contribution is 5.98. The van der Waals surface area contributed by atoms with Gasteiger partial charge < -0.3 is 4.57 Å². The van der Waals surface area contributed by atoms with E-state index < -0.39 is 0 Å². The molecule has 0 aliphatic heterocycles. The fourth-order valence-corrected chi connectivity index (χ4v) is 3.41. The highest BCUT2D eigenvalue weighted by atomic mass is 16.1. The zero-order valence-electron chi connectivity index (χ0n) is 16.0. The van der Waals surface area contributed by atoms with Crippen LogP contribution in [0, 0.1) is 0 Å². The Morgan fingerprint density at radius 2 is 1.89 bits per heavy atom. The predicted octanol–water partition coefficient (Wildman–Crippen LogP) is 4.13. The number of nitrogens with zero attached hydrogens (tertiary/aromatic N) is 4. The van der Waals surface area contributed by atoms with Gasteiger partial charge in [-0.25, -0.2) is 0 Å². The van der Waals surface area contributed by atoms with E-state index in [4.69, 9.17) is 0 Å². The molecule has 5 nitrogen and oxygen atoms in total. The van der Waals surface area contributed by atoms with Crippen LogP contribution in [-0.2, 0) is 19.9 Å². The number of carbonyl (C=O) groups excluding carboxylic acids is 1. The van der Waals surface area contributed by atoms with Gasteiger partial charge in [0.2, 0.25) is 0 Å². The number of Topliss-reactive ketones (excluding diaryl/α,β-unsaturated/α-hetero) is 1. The van der Waals surface area contributed by atoms with Gasteiger partial charge in [-0.2, -0.15) is 0 Å². The smallest absolute Gasteiger partial charge is 0.185 e. The Morgan fingerprint density at radius 1 is 1.07 bits per heavy atom. The fourth-order valence-electron chi connectivity index (χ4n) is 3.41. The summed E-state index contributed by atoms with van der Waals surface area (Å²) in [6.07, 6.45) is 4.63. The number of hydrogen-bond donors (Lipinski definition) is 0. The van der Waals surface area contributed by atoms with E-state index in [9.17, 15) is 4.79 Å². The van der Waals surface area contributed by atoms with Crippen LogP contribution in [0.4, 0.5) is 0 Å². The van der Waals surface area contributed by atoms with E-state index in [2.05, 4.69) is 34.2 Å². The van der Waals surface area contributed by atoms with Crippen molar-refractivity contribution in [1.29, 1.82) is 0 Å². The van der Waals surface area contributed by atoms with E-state index in [1.807, 2.05) is 54.1 Å². The first-order valence-corrected chi connectivity index (χ1v) is 9.40. The van der Waals surface area contributed by atoms with Crippen molar-refractivity contribution in [2.75, 3.05) is 0 Å². The van der Waals surface area contributed by atoms with Gasteiger partial charge in [0, 0.05) is 31.5 Å². The minimum atomic E-state index is 0.0313. The lowest BCUT2D eigenvalue weighted by Crippen LogP contribution is -2.08. The number of pyridine rings is 1. The third kappa shape index (κ3) is 3.83.